The summed E-state index contributed by atoms with van der Waals surface area (Å²) in [6, 6.07) is 8.89. The zero-order valence-corrected chi connectivity index (χ0v) is 13.4. The van der Waals surface area contributed by atoms with Gasteiger partial charge in [-0.2, -0.15) is 4.31 Å². The Balaban J connectivity index is 1.65. The monoisotopic (exact) mass is 335 g/mol. The van der Waals surface area contributed by atoms with Gasteiger partial charge in [-0.05, 0) is 18.2 Å². The van der Waals surface area contributed by atoms with Gasteiger partial charge in [0.15, 0.2) is 11.5 Å². The van der Waals surface area contributed by atoms with E-state index in [2.05, 4.69) is 9.97 Å². The van der Waals surface area contributed by atoms with Crippen LogP contribution in [-0.2, 0) is 16.6 Å². The molecule has 1 aliphatic rings. The first kappa shape index (κ1) is 15.7. The van der Waals surface area contributed by atoms with E-state index in [1.807, 2.05) is 12.1 Å². The first-order valence-electron chi connectivity index (χ1n) is 7.13. The zero-order valence-electron chi connectivity index (χ0n) is 12.6. The number of benzene rings is 1. The highest BCUT2D eigenvalue weighted by molar-refractivity contribution is 7.89. The second-order valence-electron chi connectivity index (χ2n) is 5.20. The summed E-state index contributed by atoms with van der Waals surface area (Å²) in [5.74, 6) is 1.48. The summed E-state index contributed by atoms with van der Waals surface area (Å²) in [4.78, 5) is 8.07. The summed E-state index contributed by atoms with van der Waals surface area (Å²) in [7, 11) is -2.01. The summed E-state index contributed by atoms with van der Waals surface area (Å²) < 4.78 is 37.4. The van der Waals surface area contributed by atoms with Crippen LogP contribution in [-0.4, -0.2) is 48.2 Å². The molecule has 122 valence electrons. The molecule has 0 fully saturated rings. The molecule has 23 heavy (non-hydrogen) atoms. The Hall–Kier alpha value is -2.19. The Labute approximate surface area is 134 Å². The summed E-state index contributed by atoms with van der Waals surface area (Å²) in [5.41, 5.74) is 0. The van der Waals surface area contributed by atoms with E-state index in [1.54, 1.807) is 30.6 Å². The largest absolute Gasteiger partial charge is 0.486 e. The number of rotatable bonds is 5. The minimum Gasteiger partial charge on any atom is -0.486 e. The van der Waals surface area contributed by atoms with E-state index in [9.17, 15) is 8.42 Å². The summed E-state index contributed by atoms with van der Waals surface area (Å²) in [6.07, 6.45) is 2.62. The van der Waals surface area contributed by atoms with Crippen LogP contribution in [0.1, 0.15) is 5.82 Å². The van der Waals surface area contributed by atoms with Crippen LogP contribution in [0.4, 0.5) is 0 Å². The molecule has 1 aromatic carbocycles. The highest BCUT2D eigenvalue weighted by Gasteiger charge is 2.29. The third kappa shape index (κ3) is 3.77. The van der Waals surface area contributed by atoms with Crippen LogP contribution in [0.15, 0.2) is 42.7 Å². The van der Waals surface area contributed by atoms with Gasteiger partial charge in [-0.3, -0.25) is 0 Å². The molecule has 0 saturated carbocycles. The fraction of sp³-hybridized carbons (Fsp3) is 0.333. The third-order valence-corrected chi connectivity index (χ3v) is 5.29. The summed E-state index contributed by atoms with van der Waals surface area (Å²) >= 11 is 0. The topological polar surface area (TPSA) is 81.6 Å². The highest BCUT2D eigenvalue weighted by Crippen LogP contribution is 2.31. The molecule has 0 N–H and O–H groups in total. The standard InChI is InChI=1S/C15H17N3O4S/c1-18(9-15-16-7-4-8-17-15)23(19,20)11-12-10-21-13-5-2-3-6-14(13)22-12/h2-8,12H,9-11H2,1H3/t12-/m1/s1. The van der Waals surface area contributed by atoms with Gasteiger partial charge in [0.25, 0.3) is 0 Å². The van der Waals surface area contributed by atoms with Crippen molar-refractivity contribution in [2.24, 2.45) is 0 Å². The number of ether oxygens (including phenoxy) is 2. The fourth-order valence-electron chi connectivity index (χ4n) is 2.22. The lowest BCUT2D eigenvalue weighted by Crippen LogP contribution is -2.40. The summed E-state index contributed by atoms with van der Waals surface area (Å²) in [5, 5.41) is 0. The van der Waals surface area contributed by atoms with Crippen molar-refractivity contribution < 1.29 is 17.9 Å². The maximum atomic E-state index is 12.4. The molecule has 1 atom stereocenters. The van der Waals surface area contributed by atoms with E-state index in [0.29, 0.717) is 17.3 Å². The van der Waals surface area contributed by atoms with Crippen LogP contribution >= 0.6 is 0 Å². The molecule has 0 unspecified atom stereocenters. The molecular formula is C15H17N3O4S. The lowest BCUT2D eigenvalue weighted by molar-refractivity contribution is 0.105. The molecular weight excluding hydrogens is 318 g/mol. The molecule has 8 heteroatoms. The van der Waals surface area contributed by atoms with Crippen LogP contribution in [0.25, 0.3) is 0 Å². The minimum absolute atomic E-state index is 0.118. The molecule has 1 aliphatic heterocycles. The van der Waals surface area contributed by atoms with E-state index in [4.69, 9.17) is 9.47 Å². The number of sulfonamides is 1. The van der Waals surface area contributed by atoms with E-state index in [0.717, 1.165) is 0 Å². The molecule has 3 rings (SSSR count). The minimum atomic E-state index is -3.51. The van der Waals surface area contributed by atoms with Gasteiger partial charge < -0.3 is 9.47 Å². The van der Waals surface area contributed by atoms with E-state index < -0.39 is 16.1 Å². The molecule has 0 spiro atoms. The predicted octanol–water partition coefficient (Wildman–Crippen LogP) is 1.08. The Morgan fingerprint density at radius 3 is 2.61 bits per heavy atom. The Bertz CT molecular complexity index is 767. The van der Waals surface area contributed by atoms with Crippen molar-refractivity contribution in [3.8, 4) is 11.5 Å². The van der Waals surface area contributed by atoms with Gasteiger partial charge >= 0.3 is 0 Å². The zero-order chi connectivity index (χ0) is 16.3. The number of para-hydroxylation sites is 2. The van der Waals surface area contributed by atoms with Gasteiger partial charge in [0, 0.05) is 19.4 Å². The molecule has 1 aromatic heterocycles. The van der Waals surface area contributed by atoms with Gasteiger partial charge in [-0.1, -0.05) is 12.1 Å². The normalized spacial score (nSPS) is 17.2. The van der Waals surface area contributed by atoms with Crippen molar-refractivity contribution in [2.45, 2.75) is 12.6 Å². The van der Waals surface area contributed by atoms with Crippen LogP contribution in [0, 0.1) is 0 Å². The predicted molar refractivity (Wildman–Crippen MR) is 83.6 cm³/mol. The lowest BCUT2D eigenvalue weighted by Gasteiger charge is -2.27. The van der Waals surface area contributed by atoms with Crippen LogP contribution in [0.3, 0.4) is 0 Å². The van der Waals surface area contributed by atoms with Gasteiger partial charge in [0.05, 0.1) is 6.54 Å². The second-order valence-corrected chi connectivity index (χ2v) is 7.32. The number of fused-ring (bicyclic) bond motifs is 1. The van der Waals surface area contributed by atoms with E-state index in [-0.39, 0.29) is 18.9 Å². The third-order valence-electron chi connectivity index (χ3n) is 3.42. The number of aromatic nitrogens is 2. The molecule has 2 heterocycles. The van der Waals surface area contributed by atoms with Crippen molar-refractivity contribution in [3.05, 3.63) is 48.5 Å². The van der Waals surface area contributed by atoms with E-state index in [1.165, 1.54) is 11.4 Å². The Morgan fingerprint density at radius 1 is 1.17 bits per heavy atom. The maximum absolute atomic E-state index is 12.4. The quantitative estimate of drug-likeness (QED) is 0.813. The molecule has 2 aromatic rings. The van der Waals surface area contributed by atoms with Gasteiger partial charge in [-0.15, -0.1) is 0 Å². The molecule has 0 radical (unpaired) electrons. The maximum Gasteiger partial charge on any atom is 0.218 e. The molecule has 0 bridgehead atoms. The first-order valence-corrected chi connectivity index (χ1v) is 8.74. The Kier molecular flexibility index (Phi) is 4.44. The summed E-state index contributed by atoms with van der Waals surface area (Å²) in [6.45, 7) is 0.319. The smallest absolute Gasteiger partial charge is 0.218 e. The number of nitrogens with zero attached hydrogens (tertiary/aromatic N) is 3. The number of hydrogen-bond acceptors (Lipinski definition) is 6. The van der Waals surface area contributed by atoms with Gasteiger partial charge in [0.2, 0.25) is 10.0 Å². The SMILES string of the molecule is CN(Cc1ncccn1)S(=O)(=O)C[C@H]1COc2ccccc2O1. The highest BCUT2D eigenvalue weighted by atomic mass is 32.2. The van der Waals surface area contributed by atoms with Crippen LogP contribution < -0.4 is 9.47 Å². The van der Waals surface area contributed by atoms with Crippen LogP contribution in [0.2, 0.25) is 0 Å². The average molecular weight is 335 g/mol. The van der Waals surface area contributed by atoms with Crippen molar-refractivity contribution in [1.82, 2.24) is 14.3 Å². The van der Waals surface area contributed by atoms with Gasteiger partial charge in [-0.25, -0.2) is 18.4 Å². The second kappa shape index (κ2) is 6.51. The Morgan fingerprint density at radius 2 is 1.87 bits per heavy atom. The van der Waals surface area contributed by atoms with Crippen molar-refractivity contribution in [1.29, 1.82) is 0 Å². The average Bonchev–Trinajstić information content (AvgIpc) is 2.55. The number of hydrogen-bond donors (Lipinski definition) is 0. The first-order chi connectivity index (χ1) is 11.0. The fourth-order valence-corrected chi connectivity index (χ4v) is 3.42. The molecule has 0 amide bonds. The van der Waals surface area contributed by atoms with Crippen molar-refractivity contribution in [2.75, 3.05) is 19.4 Å². The van der Waals surface area contributed by atoms with E-state index >= 15 is 0 Å². The van der Waals surface area contributed by atoms with Gasteiger partial charge in [0.1, 0.15) is 24.3 Å². The molecule has 0 saturated heterocycles. The lowest BCUT2D eigenvalue weighted by atomic mass is 10.3. The van der Waals surface area contributed by atoms with Crippen molar-refractivity contribution in [3.63, 3.8) is 0 Å². The molecule has 7 nitrogen and oxygen atoms in total. The molecule has 0 aliphatic carbocycles. The van der Waals surface area contributed by atoms with Crippen LogP contribution in [0.5, 0.6) is 11.5 Å². The van der Waals surface area contributed by atoms with Crippen molar-refractivity contribution >= 4 is 10.0 Å².